The lowest BCUT2D eigenvalue weighted by Gasteiger charge is -2.32. The van der Waals surface area contributed by atoms with Crippen LogP contribution >= 0.6 is 11.3 Å². The van der Waals surface area contributed by atoms with Crippen LogP contribution in [-0.4, -0.2) is 37.3 Å². The van der Waals surface area contributed by atoms with Gasteiger partial charge in [0.05, 0.1) is 11.7 Å². The van der Waals surface area contributed by atoms with Crippen molar-refractivity contribution in [2.75, 3.05) is 6.54 Å². The van der Waals surface area contributed by atoms with Gasteiger partial charge in [-0.3, -0.25) is 4.90 Å². The van der Waals surface area contributed by atoms with E-state index < -0.39 is 0 Å². The second-order valence-corrected chi connectivity index (χ2v) is 8.27. The molecule has 144 valence electrons. The zero-order valence-corrected chi connectivity index (χ0v) is 16.5. The van der Waals surface area contributed by atoms with Crippen molar-refractivity contribution in [3.05, 3.63) is 52.3 Å². The van der Waals surface area contributed by atoms with Crippen molar-refractivity contribution >= 4 is 17.4 Å². The fraction of sp³-hybridized carbons (Fsp3) is 0.400. The first kappa shape index (κ1) is 17.4. The van der Waals surface area contributed by atoms with E-state index in [0.717, 1.165) is 35.1 Å². The van der Waals surface area contributed by atoms with E-state index in [1.807, 2.05) is 37.3 Å². The number of aromatic nitrogens is 4. The molecular formula is C20H21N5O2S. The van der Waals surface area contributed by atoms with E-state index >= 15 is 0 Å². The largest absolute Gasteiger partial charge is 0.445 e. The highest BCUT2D eigenvalue weighted by Crippen LogP contribution is 2.35. The summed E-state index contributed by atoms with van der Waals surface area (Å²) < 4.78 is 7.60. The molecule has 3 heterocycles. The third-order valence-corrected chi connectivity index (χ3v) is 6.57. The Morgan fingerprint density at radius 1 is 1.21 bits per heavy atom. The van der Waals surface area contributed by atoms with Gasteiger partial charge in [-0.25, -0.2) is 9.78 Å². The molecule has 0 saturated heterocycles. The Morgan fingerprint density at radius 3 is 2.89 bits per heavy atom. The van der Waals surface area contributed by atoms with Gasteiger partial charge >= 0.3 is 6.09 Å². The molecule has 8 heteroatoms. The molecule has 0 saturated carbocycles. The van der Waals surface area contributed by atoms with Crippen LogP contribution in [0.5, 0.6) is 0 Å². The van der Waals surface area contributed by atoms with Gasteiger partial charge in [0, 0.05) is 18.0 Å². The lowest BCUT2D eigenvalue weighted by Crippen LogP contribution is -2.41. The van der Waals surface area contributed by atoms with Gasteiger partial charge in [0.1, 0.15) is 6.61 Å². The Balaban J connectivity index is 1.32. The Kier molecular flexibility index (Phi) is 4.35. The first-order valence-electron chi connectivity index (χ1n) is 9.60. The monoisotopic (exact) mass is 395 g/mol. The summed E-state index contributed by atoms with van der Waals surface area (Å²) in [6.07, 6.45) is 3.06. The molecule has 28 heavy (non-hydrogen) atoms. The predicted octanol–water partition coefficient (Wildman–Crippen LogP) is 3.60. The molecule has 1 atom stereocenters. The van der Waals surface area contributed by atoms with Gasteiger partial charge in [-0.15, -0.1) is 21.5 Å². The summed E-state index contributed by atoms with van der Waals surface area (Å²) in [5.41, 5.74) is 2.19. The number of rotatable bonds is 3. The van der Waals surface area contributed by atoms with Gasteiger partial charge in [-0.1, -0.05) is 30.3 Å². The minimum absolute atomic E-state index is 0.190. The first-order valence-corrected chi connectivity index (χ1v) is 10.4. The molecule has 5 rings (SSSR count). The number of hydrogen-bond acceptors (Lipinski definition) is 6. The molecule has 3 aromatic rings. The van der Waals surface area contributed by atoms with E-state index in [9.17, 15) is 4.79 Å². The number of aryl methyl sites for hydroxylation is 2. The van der Waals surface area contributed by atoms with E-state index in [1.165, 1.54) is 17.0 Å². The molecule has 0 fully saturated rings. The molecular weight excluding hydrogens is 374 g/mol. The Hall–Kier alpha value is -2.74. The number of carbonyl (C=O) groups excluding carboxylic acids is 1. The smallest absolute Gasteiger partial charge is 0.410 e. The second kappa shape index (κ2) is 7.01. The average molecular weight is 395 g/mol. The summed E-state index contributed by atoms with van der Waals surface area (Å²) >= 11 is 1.73. The van der Waals surface area contributed by atoms with Crippen LogP contribution in [0.25, 0.3) is 10.8 Å². The summed E-state index contributed by atoms with van der Waals surface area (Å²) in [6, 6.07) is 9.52. The van der Waals surface area contributed by atoms with Crippen LogP contribution in [-0.2, 0) is 30.7 Å². The van der Waals surface area contributed by atoms with Gasteiger partial charge in [0.15, 0.2) is 16.7 Å². The molecule has 1 aliphatic heterocycles. The maximum atomic E-state index is 12.6. The summed E-state index contributed by atoms with van der Waals surface area (Å²) in [5.74, 6) is 1.60. The molecule has 2 aromatic heterocycles. The molecule has 7 nitrogen and oxygen atoms in total. The number of carbonyl (C=O) groups is 1. The highest BCUT2D eigenvalue weighted by molar-refractivity contribution is 7.15. The molecule has 0 N–H and O–H groups in total. The van der Waals surface area contributed by atoms with Crippen LogP contribution in [0.15, 0.2) is 30.3 Å². The normalized spacial score (nSPS) is 18.0. The predicted molar refractivity (Wildman–Crippen MR) is 105 cm³/mol. The van der Waals surface area contributed by atoms with Crippen LogP contribution in [0.2, 0.25) is 0 Å². The number of nitrogens with zero attached hydrogens (tertiary/aromatic N) is 5. The van der Waals surface area contributed by atoms with Crippen molar-refractivity contribution in [1.29, 1.82) is 0 Å². The van der Waals surface area contributed by atoms with Crippen LogP contribution in [0.1, 0.15) is 41.3 Å². The molecule has 0 radical (unpaired) electrons. The van der Waals surface area contributed by atoms with E-state index in [0.29, 0.717) is 13.1 Å². The maximum Gasteiger partial charge on any atom is 0.410 e. The Morgan fingerprint density at radius 2 is 2.07 bits per heavy atom. The zero-order valence-electron chi connectivity index (χ0n) is 15.7. The second-order valence-electron chi connectivity index (χ2n) is 7.19. The van der Waals surface area contributed by atoms with E-state index in [1.54, 1.807) is 16.2 Å². The number of hydrogen-bond donors (Lipinski definition) is 0. The third kappa shape index (κ3) is 2.97. The van der Waals surface area contributed by atoms with Crippen molar-refractivity contribution < 1.29 is 9.53 Å². The molecule has 0 spiro atoms. The fourth-order valence-corrected chi connectivity index (χ4v) is 5.02. The standard InChI is InChI=1S/C20H21N5O2S/c1-13-17-22-23-18(19-21-15-8-5-9-16(15)28-19)25(17)11-10-24(13)20(26)27-12-14-6-3-2-4-7-14/h2-4,6-7,13H,5,8-12H2,1H3/t13-/m1/s1. The zero-order chi connectivity index (χ0) is 19.1. The van der Waals surface area contributed by atoms with E-state index in [4.69, 9.17) is 9.72 Å². The molecule has 1 aromatic carbocycles. The minimum atomic E-state index is -0.319. The molecule has 1 aliphatic carbocycles. The number of benzene rings is 1. The summed E-state index contributed by atoms with van der Waals surface area (Å²) in [5, 5.41) is 9.72. The third-order valence-electron chi connectivity index (χ3n) is 5.41. The van der Waals surface area contributed by atoms with Gasteiger partial charge in [0.2, 0.25) is 0 Å². The van der Waals surface area contributed by atoms with Crippen molar-refractivity contribution in [3.8, 4) is 10.8 Å². The Labute approximate surface area is 167 Å². The number of thiazole rings is 1. The maximum absolute atomic E-state index is 12.6. The van der Waals surface area contributed by atoms with Gasteiger partial charge < -0.3 is 9.30 Å². The minimum Gasteiger partial charge on any atom is -0.445 e. The SMILES string of the molecule is C[C@@H]1c2nnc(-c3nc4c(s3)CCC4)n2CCN1C(=O)OCc1ccccc1. The van der Waals surface area contributed by atoms with Crippen LogP contribution in [0.3, 0.4) is 0 Å². The van der Waals surface area contributed by atoms with E-state index in [2.05, 4.69) is 14.8 Å². The quantitative estimate of drug-likeness (QED) is 0.677. The molecule has 2 aliphatic rings. The average Bonchev–Trinajstić information content (AvgIpc) is 3.41. The van der Waals surface area contributed by atoms with Gasteiger partial charge in [-0.05, 0) is 31.7 Å². The fourth-order valence-electron chi connectivity index (χ4n) is 3.88. The van der Waals surface area contributed by atoms with Crippen LogP contribution < -0.4 is 0 Å². The van der Waals surface area contributed by atoms with Gasteiger partial charge in [0.25, 0.3) is 0 Å². The number of fused-ring (bicyclic) bond motifs is 2. The highest BCUT2D eigenvalue weighted by atomic mass is 32.1. The summed E-state index contributed by atoms with van der Waals surface area (Å²) in [7, 11) is 0. The Bertz CT molecular complexity index is 992. The lowest BCUT2D eigenvalue weighted by atomic mass is 10.2. The van der Waals surface area contributed by atoms with Crippen molar-refractivity contribution in [1.82, 2.24) is 24.6 Å². The van der Waals surface area contributed by atoms with Gasteiger partial charge in [-0.2, -0.15) is 0 Å². The first-order chi connectivity index (χ1) is 13.7. The summed E-state index contributed by atoms with van der Waals surface area (Å²) in [4.78, 5) is 20.5. The topological polar surface area (TPSA) is 73.1 Å². The van der Waals surface area contributed by atoms with Crippen molar-refractivity contribution in [2.45, 2.75) is 45.4 Å². The summed E-state index contributed by atoms with van der Waals surface area (Å²) in [6.45, 7) is 3.45. The lowest BCUT2D eigenvalue weighted by molar-refractivity contribution is 0.0728. The van der Waals surface area contributed by atoms with Crippen molar-refractivity contribution in [3.63, 3.8) is 0 Å². The number of amides is 1. The molecule has 1 amide bonds. The molecule has 0 unspecified atom stereocenters. The van der Waals surface area contributed by atoms with E-state index in [-0.39, 0.29) is 18.7 Å². The molecule has 0 bridgehead atoms. The van der Waals surface area contributed by atoms with Crippen LogP contribution in [0.4, 0.5) is 4.79 Å². The number of ether oxygens (including phenoxy) is 1. The highest BCUT2D eigenvalue weighted by Gasteiger charge is 2.33. The van der Waals surface area contributed by atoms with Crippen molar-refractivity contribution in [2.24, 2.45) is 0 Å². The van der Waals surface area contributed by atoms with Crippen LogP contribution in [0, 0.1) is 0 Å².